The van der Waals surface area contributed by atoms with Crippen LogP contribution in [0.1, 0.15) is 45.7 Å². The van der Waals surface area contributed by atoms with E-state index in [1.165, 1.54) is 0 Å². The summed E-state index contributed by atoms with van der Waals surface area (Å²) in [7, 11) is 1.91. The van der Waals surface area contributed by atoms with E-state index in [9.17, 15) is 5.11 Å². The number of methoxy groups -OCH3 is 2. The fraction of sp³-hybridized carbons (Fsp3) is 0.486. The summed E-state index contributed by atoms with van der Waals surface area (Å²) < 4.78 is 44.4. The summed E-state index contributed by atoms with van der Waals surface area (Å²) in [4.78, 5) is 0. The van der Waals surface area contributed by atoms with E-state index < -0.39 is 45.3 Å². The van der Waals surface area contributed by atoms with Crippen LogP contribution in [0.4, 0.5) is 5.69 Å². The van der Waals surface area contributed by atoms with E-state index in [4.69, 9.17) is 32.8 Å². The van der Waals surface area contributed by atoms with Crippen molar-refractivity contribution in [2.24, 2.45) is 0 Å². The molecule has 5 rings (SSSR count). The van der Waals surface area contributed by atoms with Crippen molar-refractivity contribution >= 4 is 15.5 Å². The first-order valence-corrected chi connectivity index (χ1v) is 16.8. The van der Waals surface area contributed by atoms with Gasteiger partial charge in [0, 0.05) is 32.5 Å². The molecular weight excluding hydrogens is 590 g/mol. The second kappa shape index (κ2) is 13.4. The van der Waals surface area contributed by atoms with E-state index >= 15 is 0 Å². The van der Waals surface area contributed by atoms with E-state index in [1.807, 2.05) is 78.9 Å². The molecule has 10 heteroatoms. The fourth-order valence-corrected chi connectivity index (χ4v) is 7.00. The van der Waals surface area contributed by atoms with Crippen molar-refractivity contribution in [3.8, 4) is 11.5 Å². The van der Waals surface area contributed by atoms with Gasteiger partial charge in [0.15, 0.2) is 21.3 Å². The molecule has 0 spiro atoms. The Kier molecular flexibility index (Phi) is 9.95. The quantitative estimate of drug-likeness (QED) is 0.282. The molecule has 1 saturated heterocycles. The van der Waals surface area contributed by atoms with Crippen molar-refractivity contribution in [3.05, 3.63) is 90.0 Å². The minimum absolute atomic E-state index is 0.0517. The summed E-state index contributed by atoms with van der Waals surface area (Å²) in [6.45, 7) is 11.3. The highest BCUT2D eigenvalue weighted by atomic mass is 28.2. The van der Waals surface area contributed by atoms with Gasteiger partial charge >= 0.3 is 0 Å². The summed E-state index contributed by atoms with van der Waals surface area (Å²) >= 11 is 0. The molecule has 3 aromatic rings. The Morgan fingerprint density at radius 1 is 0.844 bits per heavy atom. The number of aliphatic hydroxyl groups excluding tert-OH is 1. The van der Waals surface area contributed by atoms with Crippen molar-refractivity contribution in [1.29, 1.82) is 0 Å². The number of anilines is 1. The van der Waals surface area contributed by atoms with Gasteiger partial charge in [0.1, 0.15) is 37.1 Å². The number of ether oxygens (including phenoxy) is 6. The highest BCUT2D eigenvalue weighted by Gasteiger charge is 2.63. The van der Waals surface area contributed by atoms with Crippen LogP contribution in [0.15, 0.2) is 78.9 Å². The second-order valence-corrected chi connectivity index (χ2v) is 15.7. The first-order valence-electron chi connectivity index (χ1n) is 15.5. The number of hydrogen-bond acceptors (Lipinski definition) is 9. The highest BCUT2D eigenvalue weighted by molar-refractivity contribution is 6.32. The Labute approximate surface area is 269 Å². The molecule has 0 aliphatic carbocycles. The van der Waals surface area contributed by atoms with Gasteiger partial charge in [-0.1, -0.05) is 81.4 Å². The van der Waals surface area contributed by atoms with Crippen molar-refractivity contribution < 1.29 is 38.0 Å². The minimum atomic E-state index is -1.36. The topological polar surface area (TPSA) is 96.9 Å². The number of aliphatic hydroxyl groups is 1. The Hall–Kier alpha value is -2.96. The molecule has 2 heterocycles. The van der Waals surface area contributed by atoms with Crippen LogP contribution in [-0.2, 0) is 29.0 Å². The molecule has 0 bridgehead atoms. The van der Waals surface area contributed by atoms with Crippen LogP contribution < -0.4 is 14.8 Å². The summed E-state index contributed by atoms with van der Waals surface area (Å²) in [5.41, 5.74) is 1.40. The van der Waals surface area contributed by atoms with E-state index in [-0.39, 0.29) is 11.6 Å². The molecule has 2 N–H and O–H groups in total. The molecule has 0 amide bonds. The molecule has 45 heavy (non-hydrogen) atoms. The SMILES string of the molecule is CO[C@@]1(C)O[C@H](C(O)CNc2ccc3c(c2)OCCO3)[C@H](C(O[SiH2]C(C)(C)C)(c2ccccc2)c2ccccc2)O[C@]1(C)OC. The van der Waals surface area contributed by atoms with Gasteiger partial charge in [-0.05, 0) is 42.1 Å². The van der Waals surface area contributed by atoms with E-state index in [0.29, 0.717) is 24.7 Å². The molecule has 1 fully saturated rings. The summed E-state index contributed by atoms with van der Waals surface area (Å²) in [5.74, 6) is -1.36. The van der Waals surface area contributed by atoms with Gasteiger partial charge in [0.05, 0.1) is 0 Å². The second-order valence-electron chi connectivity index (χ2n) is 13.0. The lowest BCUT2D eigenvalue weighted by Crippen LogP contribution is -2.71. The van der Waals surface area contributed by atoms with Crippen LogP contribution in [0.5, 0.6) is 11.5 Å². The zero-order chi connectivity index (χ0) is 32.3. The lowest BCUT2D eigenvalue weighted by molar-refractivity contribution is -0.463. The van der Waals surface area contributed by atoms with Gasteiger partial charge in [0.2, 0.25) is 11.6 Å². The Morgan fingerprint density at radius 3 is 1.96 bits per heavy atom. The normalized spacial score (nSPS) is 26.1. The molecule has 1 unspecified atom stereocenters. The highest BCUT2D eigenvalue weighted by Crippen LogP contribution is 2.50. The third-order valence-electron chi connectivity index (χ3n) is 8.59. The predicted molar refractivity (Wildman–Crippen MR) is 176 cm³/mol. The van der Waals surface area contributed by atoms with Gasteiger partial charge in [-0.25, -0.2) is 0 Å². The number of nitrogens with one attached hydrogen (secondary N) is 1. The van der Waals surface area contributed by atoms with Gasteiger partial charge in [-0.2, -0.15) is 0 Å². The molecule has 5 atom stereocenters. The molecular formula is C35H47NO8Si. The van der Waals surface area contributed by atoms with E-state index in [2.05, 4.69) is 26.1 Å². The Morgan fingerprint density at radius 2 is 1.40 bits per heavy atom. The monoisotopic (exact) mass is 637 g/mol. The average Bonchev–Trinajstić information content (AvgIpc) is 3.05. The van der Waals surface area contributed by atoms with Crippen molar-refractivity contribution in [2.45, 2.75) is 75.1 Å². The number of benzene rings is 3. The molecule has 3 aromatic carbocycles. The van der Waals surface area contributed by atoms with Gasteiger partial charge < -0.3 is 43.3 Å². The number of hydrogen-bond donors (Lipinski definition) is 2. The van der Waals surface area contributed by atoms with Crippen LogP contribution in [0.25, 0.3) is 0 Å². The largest absolute Gasteiger partial charge is 0.486 e. The third kappa shape index (κ3) is 6.78. The third-order valence-corrected chi connectivity index (χ3v) is 10.1. The van der Waals surface area contributed by atoms with Crippen LogP contribution in [0.2, 0.25) is 5.04 Å². The lowest BCUT2D eigenvalue weighted by Gasteiger charge is -2.57. The summed E-state index contributed by atoms with van der Waals surface area (Å²) in [5, 5.41) is 15.3. The van der Waals surface area contributed by atoms with Crippen molar-refractivity contribution in [2.75, 3.05) is 39.3 Å². The minimum Gasteiger partial charge on any atom is -0.486 e. The Balaban J connectivity index is 1.61. The fourth-order valence-electron chi connectivity index (χ4n) is 5.84. The maximum absolute atomic E-state index is 12.0. The number of rotatable bonds is 11. The molecule has 244 valence electrons. The predicted octanol–water partition coefficient (Wildman–Crippen LogP) is 5.00. The zero-order valence-electron chi connectivity index (χ0n) is 27.4. The first kappa shape index (κ1) is 33.4. The first-order chi connectivity index (χ1) is 21.4. The van der Waals surface area contributed by atoms with Gasteiger partial charge in [0.25, 0.3) is 0 Å². The van der Waals surface area contributed by atoms with Crippen LogP contribution in [0.3, 0.4) is 0 Å². The maximum Gasteiger partial charge on any atom is 0.220 e. The van der Waals surface area contributed by atoms with Crippen molar-refractivity contribution in [1.82, 2.24) is 0 Å². The molecule has 0 aromatic heterocycles. The molecule has 0 saturated carbocycles. The van der Waals surface area contributed by atoms with E-state index in [1.54, 1.807) is 28.1 Å². The summed E-state index contributed by atoms with van der Waals surface area (Å²) in [6, 6.07) is 25.7. The molecule has 9 nitrogen and oxygen atoms in total. The van der Waals surface area contributed by atoms with E-state index in [0.717, 1.165) is 16.8 Å². The summed E-state index contributed by atoms with van der Waals surface area (Å²) in [6.07, 6.45) is -2.84. The zero-order valence-corrected chi connectivity index (χ0v) is 28.8. The standard InChI is InChI=1S/C35H47NO8Si/c1-32(2,3)45-44-35(24-14-10-8-11-15-24,25-16-12-9-13-17-25)31-30(42-33(4,38-6)34(5,39-7)43-31)27(37)23-36-26-18-19-28-29(22-26)41-21-20-40-28/h8-19,22,27,30-31,36-37H,20-21,23,45H2,1-7H3/t27?,30-,31-,33+,34+/m1/s1. The Bertz CT molecular complexity index is 1360. The lowest BCUT2D eigenvalue weighted by atomic mass is 9.77. The maximum atomic E-state index is 12.0. The van der Waals surface area contributed by atoms with Gasteiger partial charge in [-0.15, -0.1) is 0 Å². The van der Waals surface area contributed by atoms with Gasteiger partial charge in [-0.3, -0.25) is 0 Å². The van der Waals surface area contributed by atoms with Crippen LogP contribution in [-0.4, -0.2) is 78.7 Å². The van der Waals surface area contributed by atoms with Crippen LogP contribution >= 0.6 is 0 Å². The van der Waals surface area contributed by atoms with Crippen molar-refractivity contribution in [3.63, 3.8) is 0 Å². The molecule has 2 aliphatic rings. The van der Waals surface area contributed by atoms with Crippen LogP contribution in [0, 0.1) is 0 Å². The average molecular weight is 638 g/mol. The smallest absolute Gasteiger partial charge is 0.220 e. The number of fused-ring (bicyclic) bond motifs is 1. The molecule has 0 radical (unpaired) electrons. The molecule has 2 aliphatic heterocycles.